The molecule has 0 atom stereocenters. The number of rotatable bonds is 6. The van der Waals surface area contributed by atoms with E-state index in [-0.39, 0.29) is 6.09 Å². The first-order valence-electron chi connectivity index (χ1n) is 10.2. The summed E-state index contributed by atoms with van der Waals surface area (Å²) in [7, 11) is 0. The smallest absolute Gasteiger partial charge is 0.414 e. The van der Waals surface area contributed by atoms with Gasteiger partial charge in [0.05, 0.1) is 6.61 Å². The van der Waals surface area contributed by atoms with Gasteiger partial charge in [-0.25, -0.2) is 14.4 Å². The fourth-order valence-corrected chi connectivity index (χ4v) is 3.04. The molecule has 9 nitrogen and oxygen atoms in total. The van der Waals surface area contributed by atoms with Crippen LogP contribution in [0.15, 0.2) is 54.6 Å². The summed E-state index contributed by atoms with van der Waals surface area (Å²) in [5.74, 6) is -2.76. The van der Waals surface area contributed by atoms with Crippen molar-refractivity contribution in [3.8, 4) is 5.75 Å². The minimum Gasteiger partial charge on any atom is -0.489 e. The predicted octanol–water partition coefficient (Wildman–Crippen LogP) is 2.70. The number of amides is 1. The topological polar surface area (TPSA) is 117 Å². The van der Waals surface area contributed by atoms with Crippen LogP contribution in [0.2, 0.25) is 0 Å². The molecule has 2 N–H and O–H groups in total. The molecular weight excluding hydrogens is 416 g/mol. The molecule has 172 valence electrons. The van der Waals surface area contributed by atoms with Crippen LogP contribution >= 0.6 is 0 Å². The number of ether oxygens (including phenoxy) is 2. The van der Waals surface area contributed by atoms with Crippen LogP contribution in [-0.4, -0.2) is 70.8 Å². The third-order valence-electron chi connectivity index (χ3n) is 4.63. The molecule has 1 amide bonds. The molecule has 1 aliphatic heterocycles. The Labute approximate surface area is 186 Å². The summed E-state index contributed by atoms with van der Waals surface area (Å²) in [5.41, 5.74) is 2.38. The normalized spacial score (nSPS) is 13.5. The maximum absolute atomic E-state index is 11.8. The van der Waals surface area contributed by atoms with Gasteiger partial charge in [0.2, 0.25) is 0 Å². The van der Waals surface area contributed by atoms with E-state index < -0.39 is 11.9 Å². The summed E-state index contributed by atoms with van der Waals surface area (Å²) < 4.78 is 11.0. The van der Waals surface area contributed by atoms with Crippen molar-refractivity contribution in [2.45, 2.75) is 20.1 Å². The second-order valence-electron chi connectivity index (χ2n) is 6.99. The maximum atomic E-state index is 11.8. The van der Waals surface area contributed by atoms with Crippen molar-refractivity contribution in [3.05, 3.63) is 65.7 Å². The van der Waals surface area contributed by atoms with Crippen LogP contribution in [0.25, 0.3) is 0 Å². The first kappa shape index (κ1) is 24.7. The number of hydrogen-bond donors (Lipinski definition) is 2. The van der Waals surface area contributed by atoms with Gasteiger partial charge in [-0.1, -0.05) is 42.5 Å². The SMILES string of the molecule is CCOC(=O)N1CCN(Cc2cccc(OCc3ccccc3)c2)CC1.O=C(O)C(=O)O. The number of hydrogen-bond acceptors (Lipinski definition) is 6. The molecule has 0 spiro atoms. The van der Waals surface area contributed by atoms with E-state index in [2.05, 4.69) is 29.2 Å². The highest BCUT2D eigenvalue weighted by molar-refractivity contribution is 6.27. The Morgan fingerprint density at radius 2 is 1.50 bits per heavy atom. The molecule has 1 aliphatic rings. The Morgan fingerprint density at radius 1 is 0.875 bits per heavy atom. The van der Waals surface area contributed by atoms with Crippen molar-refractivity contribution < 1.29 is 34.1 Å². The van der Waals surface area contributed by atoms with Gasteiger partial charge in [0.25, 0.3) is 0 Å². The quantitative estimate of drug-likeness (QED) is 0.654. The van der Waals surface area contributed by atoms with E-state index in [9.17, 15) is 4.79 Å². The summed E-state index contributed by atoms with van der Waals surface area (Å²) in [6.07, 6.45) is -0.205. The first-order valence-corrected chi connectivity index (χ1v) is 10.2. The standard InChI is InChI=1S/C21H26N2O3.C2H2O4/c1-2-25-21(24)23-13-11-22(12-14-23)16-19-9-6-10-20(15-19)26-17-18-7-4-3-5-8-18;3-1(4)2(5)6/h3-10,15H,2,11-14,16-17H2,1H3;(H,3,4)(H,5,6). The number of carboxylic acid groups (broad SMARTS) is 2. The van der Waals surface area contributed by atoms with Gasteiger partial charge in [-0.3, -0.25) is 4.90 Å². The van der Waals surface area contributed by atoms with Crippen LogP contribution in [-0.2, 0) is 27.5 Å². The highest BCUT2D eigenvalue weighted by Gasteiger charge is 2.21. The van der Waals surface area contributed by atoms with Gasteiger partial charge in [-0.15, -0.1) is 0 Å². The molecule has 0 aromatic heterocycles. The van der Waals surface area contributed by atoms with E-state index in [0.717, 1.165) is 30.9 Å². The molecule has 2 aromatic carbocycles. The second kappa shape index (κ2) is 13.0. The van der Waals surface area contributed by atoms with Crippen LogP contribution in [0.1, 0.15) is 18.1 Å². The summed E-state index contributed by atoms with van der Waals surface area (Å²) in [6, 6.07) is 18.4. The minimum absolute atomic E-state index is 0.205. The van der Waals surface area contributed by atoms with E-state index in [1.54, 1.807) is 4.90 Å². The lowest BCUT2D eigenvalue weighted by Gasteiger charge is -2.34. The van der Waals surface area contributed by atoms with Gasteiger partial charge >= 0.3 is 18.0 Å². The van der Waals surface area contributed by atoms with Crippen molar-refractivity contribution in [1.29, 1.82) is 0 Å². The number of aliphatic carboxylic acids is 2. The molecular formula is C23H28N2O7. The van der Waals surface area contributed by atoms with Gasteiger partial charge in [-0.05, 0) is 30.2 Å². The van der Waals surface area contributed by atoms with Crippen LogP contribution < -0.4 is 4.74 Å². The number of piperazine rings is 1. The van der Waals surface area contributed by atoms with Gasteiger partial charge in [0.15, 0.2) is 0 Å². The third kappa shape index (κ3) is 8.65. The van der Waals surface area contributed by atoms with Gasteiger partial charge in [0, 0.05) is 32.7 Å². The summed E-state index contributed by atoms with van der Waals surface area (Å²) >= 11 is 0. The van der Waals surface area contributed by atoms with Crippen LogP contribution in [0.5, 0.6) is 5.75 Å². The molecule has 0 bridgehead atoms. The molecule has 32 heavy (non-hydrogen) atoms. The molecule has 2 aromatic rings. The zero-order valence-electron chi connectivity index (χ0n) is 18.0. The molecule has 0 radical (unpaired) electrons. The summed E-state index contributed by atoms with van der Waals surface area (Å²) in [5, 5.41) is 14.8. The Morgan fingerprint density at radius 3 is 2.09 bits per heavy atom. The molecule has 1 fully saturated rings. The third-order valence-corrected chi connectivity index (χ3v) is 4.63. The summed E-state index contributed by atoms with van der Waals surface area (Å²) in [4.78, 5) is 34.1. The predicted molar refractivity (Wildman–Crippen MR) is 116 cm³/mol. The molecule has 0 saturated carbocycles. The number of carbonyl (C=O) groups is 3. The van der Waals surface area contributed by atoms with Crippen molar-refractivity contribution in [3.63, 3.8) is 0 Å². The molecule has 3 rings (SSSR count). The maximum Gasteiger partial charge on any atom is 0.414 e. The van der Waals surface area contributed by atoms with E-state index in [0.29, 0.717) is 26.3 Å². The number of carboxylic acids is 2. The fourth-order valence-electron chi connectivity index (χ4n) is 3.04. The monoisotopic (exact) mass is 444 g/mol. The Kier molecular flexibility index (Phi) is 9.99. The second-order valence-corrected chi connectivity index (χ2v) is 6.99. The van der Waals surface area contributed by atoms with Crippen LogP contribution in [0.4, 0.5) is 4.79 Å². The highest BCUT2D eigenvalue weighted by Crippen LogP contribution is 2.17. The lowest BCUT2D eigenvalue weighted by atomic mass is 10.2. The zero-order valence-corrected chi connectivity index (χ0v) is 18.0. The van der Waals surface area contributed by atoms with Crippen LogP contribution in [0, 0.1) is 0 Å². The fraction of sp³-hybridized carbons (Fsp3) is 0.348. The van der Waals surface area contributed by atoms with Crippen molar-refractivity contribution >= 4 is 18.0 Å². The molecule has 0 unspecified atom stereocenters. The average Bonchev–Trinajstić information content (AvgIpc) is 2.80. The highest BCUT2D eigenvalue weighted by atomic mass is 16.6. The van der Waals surface area contributed by atoms with E-state index >= 15 is 0 Å². The van der Waals surface area contributed by atoms with Gasteiger partial charge < -0.3 is 24.6 Å². The molecule has 1 saturated heterocycles. The van der Waals surface area contributed by atoms with Crippen LogP contribution in [0.3, 0.4) is 0 Å². The van der Waals surface area contributed by atoms with Crippen molar-refractivity contribution in [1.82, 2.24) is 9.80 Å². The number of nitrogens with zero attached hydrogens (tertiary/aromatic N) is 2. The number of carbonyl (C=O) groups excluding carboxylic acids is 1. The Bertz CT molecular complexity index is 869. The lowest BCUT2D eigenvalue weighted by molar-refractivity contribution is -0.159. The largest absolute Gasteiger partial charge is 0.489 e. The average molecular weight is 444 g/mol. The first-order chi connectivity index (χ1) is 15.4. The lowest BCUT2D eigenvalue weighted by Crippen LogP contribution is -2.48. The van der Waals surface area contributed by atoms with E-state index in [1.165, 1.54) is 5.56 Å². The van der Waals surface area contributed by atoms with E-state index in [4.69, 9.17) is 29.3 Å². The Balaban J connectivity index is 0.000000534. The Hall–Kier alpha value is -3.59. The number of benzene rings is 2. The molecule has 9 heteroatoms. The van der Waals surface area contributed by atoms with Gasteiger partial charge in [0.1, 0.15) is 12.4 Å². The van der Waals surface area contributed by atoms with Crippen molar-refractivity contribution in [2.75, 3.05) is 32.8 Å². The van der Waals surface area contributed by atoms with Gasteiger partial charge in [-0.2, -0.15) is 0 Å². The minimum atomic E-state index is -1.82. The molecule has 0 aliphatic carbocycles. The molecule has 1 heterocycles. The summed E-state index contributed by atoms with van der Waals surface area (Å²) in [6.45, 7) is 6.82. The zero-order chi connectivity index (χ0) is 23.3. The van der Waals surface area contributed by atoms with E-state index in [1.807, 2.05) is 37.3 Å². The van der Waals surface area contributed by atoms with Crippen molar-refractivity contribution in [2.24, 2.45) is 0 Å².